The highest BCUT2D eigenvalue weighted by molar-refractivity contribution is 6.30. The van der Waals surface area contributed by atoms with Crippen molar-refractivity contribution in [2.75, 3.05) is 13.7 Å². The Labute approximate surface area is 159 Å². The van der Waals surface area contributed by atoms with Crippen molar-refractivity contribution in [3.8, 4) is 17.1 Å². The van der Waals surface area contributed by atoms with E-state index in [1.165, 1.54) is 17.0 Å². The minimum atomic E-state index is 0.746. The second-order valence-corrected chi connectivity index (χ2v) is 7.10. The fraction of sp³-hybridized carbons (Fsp3) is 0.286. The summed E-state index contributed by atoms with van der Waals surface area (Å²) in [7, 11) is 3.83. The molecule has 3 aromatic rings. The monoisotopic (exact) mass is 367 g/mol. The van der Waals surface area contributed by atoms with E-state index >= 15 is 0 Å². The molecule has 0 saturated carbocycles. The Bertz CT molecular complexity index is 918. The van der Waals surface area contributed by atoms with Crippen LogP contribution in [-0.2, 0) is 26.6 Å². The number of imidazole rings is 1. The van der Waals surface area contributed by atoms with Gasteiger partial charge >= 0.3 is 0 Å². The van der Waals surface area contributed by atoms with Crippen molar-refractivity contribution in [2.24, 2.45) is 7.05 Å². The average molecular weight is 368 g/mol. The summed E-state index contributed by atoms with van der Waals surface area (Å²) >= 11 is 6.02. The number of benzene rings is 2. The van der Waals surface area contributed by atoms with Gasteiger partial charge < -0.3 is 9.30 Å². The first-order valence-electron chi connectivity index (χ1n) is 8.80. The van der Waals surface area contributed by atoms with E-state index in [2.05, 4.69) is 28.6 Å². The van der Waals surface area contributed by atoms with Gasteiger partial charge in [-0.2, -0.15) is 0 Å². The Morgan fingerprint density at radius 2 is 1.88 bits per heavy atom. The first-order chi connectivity index (χ1) is 12.7. The summed E-state index contributed by atoms with van der Waals surface area (Å²) in [6, 6.07) is 16.1. The lowest BCUT2D eigenvalue weighted by Gasteiger charge is -2.27. The van der Waals surface area contributed by atoms with Crippen LogP contribution in [0.4, 0.5) is 0 Å². The summed E-state index contributed by atoms with van der Waals surface area (Å²) in [4.78, 5) is 7.35. The molecule has 0 amide bonds. The molecule has 0 unspecified atom stereocenters. The molecule has 4 rings (SSSR count). The molecular weight excluding hydrogens is 346 g/mol. The molecule has 2 heterocycles. The van der Waals surface area contributed by atoms with Crippen LogP contribution in [0.3, 0.4) is 0 Å². The molecule has 26 heavy (non-hydrogen) atoms. The molecule has 0 spiro atoms. The number of rotatable bonds is 4. The highest BCUT2D eigenvalue weighted by Gasteiger charge is 2.23. The molecule has 0 bridgehead atoms. The molecule has 0 aliphatic carbocycles. The average Bonchev–Trinajstić information content (AvgIpc) is 2.99. The van der Waals surface area contributed by atoms with Crippen LogP contribution in [0.2, 0.25) is 5.02 Å². The van der Waals surface area contributed by atoms with E-state index in [-0.39, 0.29) is 0 Å². The SMILES string of the molecule is COc1ccccc1CN1CCc2nc(-c3ccc(Cl)cc3)n(C)c2C1. The van der Waals surface area contributed by atoms with Gasteiger partial charge in [0.1, 0.15) is 11.6 Å². The molecule has 2 aromatic carbocycles. The van der Waals surface area contributed by atoms with Gasteiger partial charge in [-0.15, -0.1) is 0 Å². The minimum absolute atomic E-state index is 0.746. The lowest BCUT2D eigenvalue weighted by atomic mass is 10.1. The number of ether oxygens (including phenoxy) is 1. The quantitative estimate of drug-likeness (QED) is 0.688. The summed E-state index contributed by atoms with van der Waals surface area (Å²) < 4.78 is 7.71. The van der Waals surface area contributed by atoms with Crippen LogP contribution in [0.1, 0.15) is 17.0 Å². The van der Waals surface area contributed by atoms with Crippen LogP contribution in [0, 0.1) is 0 Å². The summed E-state index contributed by atoms with van der Waals surface area (Å²) in [6.07, 6.45) is 0.964. The molecule has 1 aromatic heterocycles. The fourth-order valence-electron chi connectivity index (χ4n) is 3.61. The maximum Gasteiger partial charge on any atom is 0.140 e. The van der Waals surface area contributed by atoms with Gasteiger partial charge in [-0.25, -0.2) is 4.98 Å². The normalized spacial score (nSPS) is 14.3. The maximum atomic E-state index is 6.02. The summed E-state index contributed by atoms with van der Waals surface area (Å²) in [5, 5.41) is 0.746. The van der Waals surface area contributed by atoms with Crippen LogP contribution in [0.5, 0.6) is 5.75 Å². The third-order valence-corrected chi connectivity index (χ3v) is 5.28. The van der Waals surface area contributed by atoms with E-state index in [4.69, 9.17) is 21.3 Å². The fourth-order valence-corrected chi connectivity index (χ4v) is 3.73. The molecule has 1 aliphatic rings. The zero-order chi connectivity index (χ0) is 18.1. The number of hydrogen-bond acceptors (Lipinski definition) is 3. The van der Waals surface area contributed by atoms with E-state index < -0.39 is 0 Å². The van der Waals surface area contributed by atoms with Gasteiger partial charge in [0.05, 0.1) is 18.5 Å². The third kappa shape index (κ3) is 3.22. The molecule has 0 fully saturated rings. The van der Waals surface area contributed by atoms with Crippen molar-refractivity contribution in [2.45, 2.75) is 19.5 Å². The number of nitrogens with zero attached hydrogens (tertiary/aromatic N) is 3. The van der Waals surface area contributed by atoms with Gasteiger partial charge in [0, 0.05) is 49.3 Å². The smallest absolute Gasteiger partial charge is 0.140 e. The first kappa shape index (κ1) is 17.1. The first-order valence-corrected chi connectivity index (χ1v) is 9.18. The summed E-state index contributed by atoms with van der Waals surface area (Å²) in [5.41, 5.74) is 4.81. The Kier molecular flexibility index (Phi) is 4.70. The van der Waals surface area contributed by atoms with Crippen molar-refractivity contribution in [3.05, 3.63) is 70.5 Å². The number of aromatic nitrogens is 2. The predicted molar refractivity (Wildman–Crippen MR) is 104 cm³/mol. The van der Waals surface area contributed by atoms with E-state index in [0.29, 0.717) is 0 Å². The highest BCUT2D eigenvalue weighted by Crippen LogP contribution is 2.28. The molecule has 0 saturated heterocycles. The van der Waals surface area contributed by atoms with Gasteiger partial charge in [-0.05, 0) is 30.3 Å². The van der Waals surface area contributed by atoms with Crippen LogP contribution < -0.4 is 4.74 Å². The Hall–Kier alpha value is -2.30. The van der Waals surface area contributed by atoms with E-state index in [1.54, 1.807) is 7.11 Å². The Morgan fingerprint density at radius 1 is 1.12 bits per heavy atom. The van der Waals surface area contributed by atoms with Gasteiger partial charge in [0.2, 0.25) is 0 Å². The van der Waals surface area contributed by atoms with Gasteiger partial charge in [0.25, 0.3) is 0 Å². The van der Waals surface area contributed by atoms with Crippen LogP contribution in [0.25, 0.3) is 11.4 Å². The molecule has 4 nitrogen and oxygen atoms in total. The third-order valence-electron chi connectivity index (χ3n) is 5.02. The van der Waals surface area contributed by atoms with Crippen LogP contribution in [0.15, 0.2) is 48.5 Å². The zero-order valence-electron chi connectivity index (χ0n) is 15.1. The second kappa shape index (κ2) is 7.14. The topological polar surface area (TPSA) is 30.3 Å². The predicted octanol–water partition coefficient (Wildman–Crippen LogP) is 4.31. The van der Waals surface area contributed by atoms with Crippen molar-refractivity contribution in [1.29, 1.82) is 0 Å². The Balaban J connectivity index is 1.58. The van der Waals surface area contributed by atoms with Crippen LogP contribution >= 0.6 is 11.6 Å². The number of hydrogen-bond donors (Lipinski definition) is 0. The number of halogens is 1. The second-order valence-electron chi connectivity index (χ2n) is 6.67. The molecular formula is C21H22ClN3O. The number of para-hydroxylation sites is 1. The minimum Gasteiger partial charge on any atom is -0.496 e. The van der Waals surface area contributed by atoms with Crippen LogP contribution in [-0.4, -0.2) is 28.1 Å². The van der Waals surface area contributed by atoms with Gasteiger partial charge in [-0.3, -0.25) is 4.90 Å². The molecule has 0 N–H and O–H groups in total. The lowest BCUT2D eigenvalue weighted by molar-refractivity contribution is 0.235. The zero-order valence-corrected chi connectivity index (χ0v) is 15.8. The largest absolute Gasteiger partial charge is 0.496 e. The molecule has 0 atom stereocenters. The number of fused-ring (bicyclic) bond motifs is 1. The van der Waals surface area contributed by atoms with Crippen molar-refractivity contribution < 1.29 is 4.74 Å². The van der Waals surface area contributed by atoms with Crippen molar-refractivity contribution in [3.63, 3.8) is 0 Å². The van der Waals surface area contributed by atoms with Gasteiger partial charge in [0.15, 0.2) is 0 Å². The van der Waals surface area contributed by atoms with Gasteiger partial charge in [-0.1, -0.05) is 29.8 Å². The molecule has 134 valence electrons. The van der Waals surface area contributed by atoms with E-state index in [9.17, 15) is 0 Å². The summed E-state index contributed by atoms with van der Waals surface area (Å²) in [6.45, 7) is 2.78. The number of methoxy groups -OCH3 is 1. The molecule has 5 heteroatoms. The van der Waals surface area contributed by atoms with Crippen molar-refractivity contribution in [1.82, 2.24) is 14.5 Å². The highest BCUT2D eigenvalue weighted by atomic mass is 35.5. The maximum absolute atomic E-state index is 6.02. The van der Waals surface area contributed by atoms with Crippen molar-refractivity contribution >= 4 is 11.6 Å². The Morgan fingerprint density at radius 3 is 2.65 bits per heavy atom. The van der Waals surface area contributed by atoms with E-state index in [0.717, 1.165) is 48.2 Å². The molecule has 1 aliphatic heterocycles. The molecule has 0 radical (unpaired) electrons. The summed E-state index contributed by atoms with van der Waals surface area (Å²) in [5.74, 6) is 1.95. The standard InChI is InChI=1S/C21H22ClN3O/c1-24-19-14-25(13-16-5-3-4-6-20(16)26-2)12-11-18(19)23-21(24)15-7-9-17(22)10-8-15/h3-10H,11-14H2,1-2H3. The van der Waals surface area contributed by atoms with E-state index in [1.807, 2.05) is 36.4 Å². The lowest BCUT2D eigenvalue weighted by Crippen LogP contribution is -2.31.